The standard InChI is InChI=1S/C3H7Cl2O3P/c1-2-8-9(6,7)3(4)5/h3H,2H2,1H3,(H,6,7)/p-1. The molecule has 0 heterocycles. The zero-order valence-corrected chi connectivity index (χ0v) is 7.12. The average molecular weight is 192 g/mol. The summed E-state index contributed by atoms with van der Waals surface area (Å²) in [6, 6.07) is 0. The maximum Gasteiger partial charge on any atom is 0.171 e. The van der Waals surface area contributed by atoms with Gasteiger partial charge in [-0.1, -0.05) is 23.2 Å². The Labute approximate surface area is 63.4 Å². The lowest BCUT2D eigenvalue weighted by Gasteiger charge is -2.22. The van der Waals surface area contributed by atoms with Gasteiger partial charge in [0.1, 0.15) is 0 Å². The van der Waals surface area contributed by atoms with E-state index >= 15 is 0 Å². The van der Waals surface area contributed by atoms with Crippen LogP contribution in [-0.2, 0) is 9.09 Å². The highest BCUT2D eigenvalue weighted by Crippen LogP contribution is 2.46. The van der Waals surface area contributed by atoms with Gasteiger partial charge in [-0.3, -0.25) is 0 Å². The highest BCUT2D eigenvalue weighted by atomic mass is 35.5. The number of hydrogen-bond acceptors (Lipinski definition) is 3. The normalized spacial score (nSPS) is 17.9. The molecule has 0 amide bonds. The second-order valence-corrected chi connectivity index (χ2v) is 4.79. The van der Waals surface area contributed by atoms with Crippen LogP contribution in [0.2, 0.25) is 0 Å². The van der Waals surface area contributed by atoms with Crippen LogP contribution in [-0.4, -0.2) is 11.2 Å². The fourth-order valence-corrected chi connectivity index (χ4v) is 1.05. The van der Waals surface area contributed by atoms with E-state index in [0.717, 1.165) is 0 Å². The van der Waals surface area contributed by atoms with E-state index in [9.17, 15) is 9.46 Å². The first-order valence-electron chi connectivity index (χ1n) is 2.24. The fraction of sp³-hybridized carbons (Fsp3) is 1.00. The summed E-state index contributed by atoms with van der Waals surface area (Å²) in [7, 11) is -3.98. The summed E-state index contributed by atoms with van der Waals surface area (Å²) in [6.07, 6.45) is 0. The van der Waals surface area contributed by atoms with Gasteiger partial charge in [0, 0.05) is 0 Å². The Balaban J connectivity index is 3.87. The lowest BCUT2D eigenvalue weighted by atomic mass is 10.9. The molecule has 56 valence electrons. The summed E-state index contributed by atoms with van der Waals surface area (Å²) in [6.45, 7) is 1.61. The first kappa shape index (κ1) is 9.73. The molecule has 0 aliphatic carbocycles. The highest BCUT2D eigenvalue weighted by molar-refractivity contribution is 7.56. The van der Waals surface area contributed by atoms with E-state index in [2.05, 4.69) is 4.52 Å². The van der Waals surface area contributed by atoms with E-state index in [1.165, 1.54) is 0 Å². The van der Waals surface area contributed by atoms with E-state index in [4.69, 9.17) is 23.2 Å². The molecule has 0 radical (unpaired) electrons. The molecule has 0 aromatic carbocycles. The minimum atomic E-state index is -3.98. The van der Waals surface area contributed by atoms with Gasteiger partial charge in [-0.15, -0.1) is 0 Å². The topological polar surface area (TPSA) is 49.4 Å². The molecule has 0 fully saturated rings. The van der Waals surface area contributed by atoms with Crippen LogP contribution in [0.15, 0.2) is 0 Å². The van der Waals surface area contributed by atoms with Crippen molar-refractivity contribution in [3.63, 3.8) is 0 Å². The molecule has 1 unspecified atom stereocenters. The summed E-state index contributed by atoms with van der Waals surface area (Å²) in [5.41, 5.74) is 0. The van der Waals surface area contributed by atoms with Crippen LogP contribution >= 0.6 is 30.8 Å². The predicted molar refractivity (Wildman–Crippen MR) is 34.7 cm³/mol. The average Bonchev–Trinajstić information content (AvgIpc) is 1.65. The van der Waals surface area contributed by atoms with E-state index in [-0.39, 0.29) is 6.61 Å². The molecule has 0 spiro atoms. The molecule has 0 saturated carbocycles. The minimum absolute atomic E-state index is 0.0662. The molecule has 0 aliphatic heterocycles. The maximum absolute atomic E-state index is 10.5. The third kappa shape index (κ3) is 3.43. The van der Waals surface area contributed by atoms with Crippen molar-refractivity contribution in [1.29, 1.82) is 0 Å². The van der Waals surface area contributed by atoms with Crippen molar-refractivity contribution in [2.45, 2.75) is 11.5 Å². The Hall–Kier alpha value is 0.730. The van der Waals surface area contributed by atoms with Crippen LogP contribution in [0.1, 0.15) is 6.92 Å². The lowest BCUT2D eigenvalue weighted by molar-refractivity contribution is -0.197. The number of hydrogen-bond donors (Lipinski definition) is 0. The van der Waals surface area contributed by atoms with Gasteiger partial charge in [0.15, 0.2) is 12.2 Å². The molecule has 0 rings (SSSR count). The molecule has 6 heteroatoms. The first-order valence-corrected chi connectivity index (χ1v) is 4.72. The lowest BCUT2D eigenvalue weighted by Crippen LogP contribution is -2.09. The van der Waals surface area contributed by atoms with Gasteiger partial charge in [-0.05, 0) is 6.92 Å². The Morgan fingerprint density at radius 2 is 2.22 bits per heavy atom. The third-order valence-electron chi connectivity index (χ3n) is 0.548. The van der Waals surface area contributed by atoms with Crippen molar-refractivity contribution in [2.24, 2.45) is 0 Å². The molecular weight excluding hydrogens is 186 g/mol. The second kappa shape index (κ2) is 3.79. The largest absolute Gasteiger partial charge is 0.777 e. The summed E-state index contributed by atoms with van der Waals surface area (Å²) >= 11 is 10.0. The molecule has 1 atom stereocenters. The second-order valence-electron chi connectivity index (χ2n) is 1.24. The van der Waals surface area contributed by atoms with E-state index in [1.807, 2.05) is 0 Å². The molecule has 0 aliphatic rings. The number of alkyl halides is 2. The molecular formula is C3H6Cl2O3P-. The molecule has 0 aromatic heterocycles. The SMILES string of the molecule is CCOP(=O)([O-])C(Cl)Cl. The predicted octanol–water partition coefficient (Wildman–Crippen LogP) is 1.34. The van der Waals surface area contributed by atoms with Crippen LogP contribution in [0.5, 0.6) is 0 Å². The number of halogens is 2. The van der Waals surface area contributed by atoms with Crippen LogP contribution in [0.25, 0.3) is 0 Å². The monoisotopic (exact) mass is 191 g/mol. The molecule has 0 N–H and O–H groups in total. The molecule has 9 heavy (non-hydrogen) atoms. The van der Waals surface area contributed by atoms with Crippen molar-refractivity contribution in [1.82, 2.24) is 0 Å². The summed E-state index contributed by atoms with van der Waals surface area (Å²) in [4.78, 5) is 10.5. The van der Waals surface area contributed by atoms with Crippen molar-refractivity contribution >= 4 is 30.8 Å². The van der Waals surface area contributed by atoms with Crippen molar-refractivity contribution < 1.29 is 14.0 Å². The molecule has 0 saturated heterocycles. The first-order chi connectivity index (χ1) is 4.00. The Morgan fingerprint density at radius 1 is 1.78 bits per heavy atom. The van der Waals surface area contributed by atoms with Crippen molar-refractivity contribution in [2.75, 3.05) is 6.61 Å². The van der Waals surface area contributed by atoms with E-state index in [1.54, 1.807) is 6.92 Å². The van der Waals surface area contributed by atoms with Gasteiger partial charge < -0.3 is 14.0 Å². The zero-order valence-electron chi connectivity index (χ0n) is 4.71. The third-order valence-corrected chi connectivity index (χ3v) is 3.08. The van der Waals surface area contributed by atoms with Crippen molar-refractivity contribution in [3.8, 4) is 0 Å². The summed E-state index contributed by atoms with van der Waals surface area (Å²) in [5, 5.41) is 0. The molecule has 0 bridgehead atoms. The van der Waals surface area contributed by atoms with Crippen LogP contribution in [0.4, 0.5) is 0 Å². The van der Waals surface area contributed by atoms with Crippen molar-refractivity contribution in [3.05, 3.63) is 0 Å². The fourth-order valence-electron chi connectivity index (χ4n) is 0.236. The molecule has 0 aromatic rings. The quantitative estimate of drug-likeness (QED) is 0.500. The summed E-state index contributed by atoms with van der Waals surface area (Å²) < 4.78 is 13.2. The van der Waals surface area contributed by atoms with Gasteiger partial charge in [-0.25, -0.2) is 0 Å². The Kier molecular flexibility index (Phi) is 4.10. The molecule has 3 nitrogen and oxygen atoms in total. The van der Waals surface area contributed by atoms with E-state index < -0.39 is 12.2 Å². The Morgan fingerprint density at radius 3 is 2.33 bits per heavy atom. The van der Waals surface area contributed by atoms with Gasteiger partial charge in [0.25, 0.3) is 0 Å². The number of rotatable bonds is 3. The highest BCUT2D eigenvalue weighted by Gasteiger charge is 2.16. The van der Waals surface area contributed by atoms with Gasteiger partial charge >= 0.3 is 0 Å². The van der Waals surface area contributed by atoms with Gasteiger partial charge in [0.2, 0.25) is 0 Å². The zero-order chi connectivity index (χ0) is 7.49. The van der Waals surface area contributed by atoms with Crippen LogP contribution in [0.3, 0.4) is 0 Å². The van der Waals surface area contributed by atoms with Gasteiger partial charge in [-0.2, -0.15) is 0 Å². The van der Waals surface area contributed by atoms with E-state index in [0.29, 0.717) is 0 Å². The maximum atomic E-state index is 10.5. The minimum Gasteiger partial charge on any atom is -0.777 e. The van der Waals surface area contributed by atoms with Gasteiger partial charge in [0.05, 0.1) is 6.61 Å². The van der Waals surface area contributed by atoms with Crippen LogP contribution in [0, 0.1) is 0 Å². The smallest absolute Gasteiger partial charge is 0.171 e. The summed E-state index contributed by atoms with van der Waals surface area (Å²) in [5.74, 6) is 0. The van der Waals surface area contributed by atoms with Crippen LogP contribution < -0.4 is 4.89 Å². The Bertz CT molecular complexity index is 126.